The van der Waals surface area contributed by atoms with Crippen LogP contribution in [0.4, 0.5) is 0 Å². The van der Waals surface area contributed by atoms with Gasteiger partial charge in [0.1, 0.15) is 0 Å². The molecule has 0 atom stereocenters. The fourth-order valence-corrected chi connectivity index (χ4v) is 9.13. The highest BCUT2D eigenvalue weighted by Gasteiger charge is 2.20. The van der Waals surface area contributed by atoms with E-state index in [4.69, 9.17) is 24.9 Å². The summed E-state index contributed by atoms with van der Waals surface area (Å²) < 4.78 is 0. The predicted octanol–water partition coefficient (Wildman–Crippen LogP) is 14.9. The van der Waals surface area contributed by atoms with Crippen molar-refractivity contribution < 1.29 is 0 Å². The highest BCUT2D eigenvalue weighted by atomic mass is 15.0. The van der Waals surface area contributed by atoms with E-state index in [0.717, 1.165) is 88.2 Å². The zero-order chi connectivity index (χ0) is 42.4. The van der Waals surface area contributed by atoms with Gasteiger partial charge in [0.25, 0.3) is 0 Å². The molecular weight excluding hydrogens is 779 g/mol. The van der Waals surface area contributed by atoms with E-state index in [0.29, 0.717) is 23.3 Å². The van der Waals surface area contributed by atoms with Crippen LogP contribution in [0.2, 0.25) is 0 Å². The van der Waals surface area contributed by atoms with Crippen LogP contribution in [0.25, 0.3) is 122 Å². The number of rotatable bonds is 7. The third-order valence-electron chi connectivity index (χ3n) is 12.2. The molecule has 0 aliphatic rings. The number of fused-ring (bicyclic) bond motifs is 4. The normalized spacial score (nSPS) is 11.4. The second-order valence-electron chi connectivity index (χ2n) is 16.0. The van der Waals surface area contributed by atoms with E-state index in [1.165, 1.54) is 10.8 Å². The maximum absolute atomic E-state index is 5.41. The van der Waals surface area contributed by atoms with Gasteiger partial charge in [0.05, 0.1) is 11.4 Å². The molecule has 298 valence electrons. The van der Waals surface area contributed by atoms with E-state index < -0.39 is 0 Å². The molecule has 5 heteroatoms. The first-order valence-corrected chi connectivity index (χ1v) is 21.5. The second-order valence-corrected chi connectivity index (χ2v) is 16.0. The van der Waals surface area contributed by atoms with Crippen molar-refractivity contribution in [1.29, 1.82) is 0 Å². The summed E-state index contributed by atoms with van der Waals surface area (Å²) >= 11 is 0. The van der Waals surface area contributed by atoms with Crippen molar-refractivity contribution >= 4 is 43.1 Å². The fourth-order valence-electron chi connectivity index (χ4n) is 9.13. The molecule has 0 saturated heterocycles. The number of hydrogen-bond acceptors (Lipinski definition) is 5. The molecule has 0 amide bonds. The summed E-state index contributed by atoms with van der Waals surface area (Å²) in [5.41, 5.74) is 9.91. The molecular formula is C59H37N5. The lowest BCUT2D eigenvalue weighted by atomic mass is 9.90. The third kappa shape index (κ3) is 6.55. The zero-order valence-corrected chi connectivity index (χ0v) is 34.6. The minimum absolute atomic E-state index is 0.626. The molecule has 0 N–H and O–H groups in total. The van der Waals surface area contributed by atoms with Gasteiger partial charge in [-0.25, -0.2) is 24.9 Å². The average molecular weight is 816 g/mol. The summed E-state index contributed by atoms with van der Waals surface area (Å²) in [5.74, 6) is 2.57. The molecule has 2 heterocycles. The van der Waals surface area contributed by atoms with Crippen LogP contribution < -0.4 is 0 Å². The Balaban J connectivity index is 1.04. The Morgan fingerprint density at radius 2 is 0.531 bits per heavy atom. The zero-order valence-electron chi connectivity index (χ0n) is 34.6. The molecule has 0 fully saturated rings. The Morgan fingerprint density at radius 1 is 0.203 bits per heavy atom. The van der Waals surface area contributed by atoms with Gasteiger partial charge in [0.2, 0.25) is 0 Å². The molecule has 2 aromatic heterocycles. The highest BCUT2D eigenvalue weighted by Crippen LogP contribution is 2.42. The Labute approximate surface area is 370 Å². The van der Waals surface area contributed by atoms with Crippen molar-refractivity contribution in [3.8, 4) is 79.2 Å². The van der Waals surface area contributed by atoms with Crippen molar-refractivity contribution in [3.05, 3.63) is 224 Å². The second kappa shape index (κ2) is 15.7. The molecule has 12 aromatic rings. The molecule has 10 aromatic carbocycles. The van der Waals surface area contributed by atoms with Gasteiger partial charge in [-0.3, -0.25) is 0 Å². The predicted molar refractivity (Wildman–Crippen MR) is 263 cm³/mol. The van der Waals surface area contributed by atoms with Crippen LogP contribution in [0.15, 0.2) is 224 Å². The van der Waals surface area contributed by atoms with Gasteiger partial charge in [-0.05, 0) is 72.4 Å². The molecule has 0 aliphatic heterocycles. The molecule has 0 unspecified atom stereocenters. The van der Waals surface area contributed by atoms with Gasteiger partial charge in [-0.15, -0.1) is 0 Å². The number of benzene rings is 10. The van der Waals surface area contributed by atoms with Crippen LogP contribution in [0, 0.1) is 0 Å². The monoisotopic (exact) mass is 815 g/mol. The largest absolute Gasteiger partial charge is 0.228 e. The third-order valence-corrected chi connectivity index (χ3v) is 12.2. The van der Waals surface area contributed by atoms with Crippen molar-refractivity contribution in [1.82, 2.24) is 24.9 Å². The van der Waals surface area contributed by atoms with Crippen molar-refractivity contribution in [2.24, 2.45) is 0 Å². The highest BCUT2D eigenvalue weighted by molar-refractivity contribution is 6.12. The molecule has 12 rings (SSSR count). The smallest absolute Gasteiger partial charge is 0.164 e. The molecule has 0 radical (unpaired) electrons. The van der Waals surface area contributed by atoms with E-state index in [-0.39, 0.29) is 0 Å². The summed E-state index contributed by atoms with van der Waals surface area (Å²) in [5, 5.41) is 8.99. The lowest BCUT2D eigenvalue weighted by Gasteiger charge is -2.16. The topological polar surface area (TPSA) is 64.5 Å². The Hall–Kier alpha value is -8.67. The summed E-state index contributed by atoms with van der Waals surface area (Å²) in [4.78, 5) is 26.0. The first-order chi connectivity index (χ1) is 31.7. The Bertz CT molecular complexity index is 3570. The van der Waals surface area contributed by atoms with E-state index >= 15 is 0 Å². The van der Waals surface area contributed by atoms with Crippen molar-refractivity contribution in [2.45, 2.75) is 0 Å². The maximum Gasteiger partial charge on any atom is 0.164 e. The van der Waals surface area contributed by atoms with E-state index in [1.54, 1.807) is 0 Å². The standard InChI is InChI=1S/C59H37N5/c1-3-19-40(20-4-1)56-62-57(41-21-5-2-6-22-41)64-59(63-56)53-36-34-49(45-28-12-14-30-47(45)53)48-33-35-52(46-29-13-11-27-44(46)48)58-60-54(50-31-15-23-38-17-7-9-25-42(38)50)37-55(61-58)51-32-16-24-39-18-8-10-26-43(39)51/h1-37H. The van der Waals surface area contributed by atoms with Gasteiger partial charge in [0.15, 0.2) is 23.3 Å². The van der Waals surface area contributed by atoms with Gasteiger partial charge in [0, 0.05) is 33.4 Å². The Morgan fingerprint density at radius 3 is 0.984 bits per heavy atom. The van der Waals surface area contributed by atoms with Crippen LogP contribution in [0.1, 0.15) is 0 Å². The summed E-state index contributed by atoms with van der Waals surface area (Å²) in [6, 6.07) is 78.2. The van der Waals surface area contributed by atoms with Crippen LogP contribution in [-0.4, -0.2) is 24.9 Å². The van der Waals surface area contributed by atoms with Crippen LogP contribution >= 0.6 is 0 Å². The van der Waals surface area contributed by atoms with Crippen LogP contribution in [0.3, 0.4) is 0 Å². The van der Waals surface area contributed by atoms with Crippen molar-refractivity contribution in [2.75, 3.05) is 0 Å². The summed E-state index contributed by atoms with van der Waals surface area (Å²) in [7, 11) is 0. The minimum atomic E-state index is 0.626. The van der Waals surface area contributed by atoms with E-state index in [1.807, 2.05) is 60.7 Å². The van der Waals surface area contributed by atoms with Gasteiger partial charge >= 0.3 is 0 Å². The lowest BCUT2D eigenvalue weighted by molar-refractivity contribution is 1.08. The average Bonchev–Trinajstić information content (AvgIpc) is 3.38. The maximum atomic E-state index is 5.41. The molecule has 5 nitrogen and oxygen atoms in total. The van der Waals surface area contributed by atoms with Crippen molar-refractivity contribution in [3.63, 3.8) is 0 Å². The first-order valence-electron chi connectivity index (χ1n) is 21.5. The number of nitrogens with zero attached hydrogens (tertiary/aromatic N) is 5. The molecule has 0 aliphatic carbocycles. The molecule has 64 heavy (non-hydrogen) atoms. The molecule has 0 spiro atoms. The quantitative estimate of drug-likeness (QED) is 0.160. The molecule has 0 saturated carbocycles. The summed E-state index contributed by atoms with van der Waals surface area (Å²) in [6.45, 7) is 0. The lowest BCUT2D eigenvalue weighted by Crippen LogP contribution is -2.00. The first kappa shape index (κ1) is 37.1. The summed E-state index contributed by atoms with van der Waals surface area (Å²) in [6.07, 6.45) is 0. The van der Waals surface area contributed by atoms with Gasteiger partial charge < -0.3 is 0 Å². The van der Waals surface area contributed by atoms with Crippen LogP contribution in [-0.2, 0) is 0 Å². The van der Waals surface area contributed by atoms with E-state index in [2.05, 4.69) is 164 Å². The van der Waals surface area contributed by atoms with Gasteiger partial charge in [-0.1, -0.05) is 206 Å². The number of aromatic nitrogens is 5. The SMILES string of the molecule is c1ccc(-c2nc(-c3ccccc3)nc(-c3ccc(-c4ccc(-c5nc(-c6cccc7ccccc67)cc(-c6cccc7ccccc67)n5)c5ccccc45)c4ccccc34)n2)cc1. The number of hydrogen-bond donors (Lipinski definition) is 0. The van der Waals surface area contributed by atoms with Crippen LogP contribution in [0.5, 0.6) is 0 Å². The Kier molecular flexibility index (Phi) is 9.08. The minimum Gasteiger partial charge on any atom is -0.228 e. The van der Waals surface area contributed by atoms with Gasteiger partial charge in [-0.2, -0.15) is 0 Å². The van der Waals surface area contributed by atoms with E-state index in [9.17, 15) is 0 Å². The fraction of sp³-hybridized carbons (Fsp3) is 0. The molecule has 0 bridgehead atoms.